The highest BCUT2D eigenvalue weighted by Gasteiger charge is 2.44. The van der Waals surface area contributed by atoms with Crippen LogP contribution in [0.4, 0.5) is 4.79 Å². The molecule has 63 heavy (non-hydrogen) atoms. The van der Waals surface area contributed by atoms with E-state index in [9.17, 15) is 19.5 Å². The summed E-state index contributed by atoms with van der Waals surface area (Å²) in [5, 5.41) is 14.7. The predicted molar refractivity (Wildman–Crippen MR) is 229 cm³/mol. The van der Waals surface area contributed by atoms with Crippen molar-refractivity contribution < 1.29 is 81.1 Å². The molecule has 2 rings (SSSR count). The molecule has 4 atom stereocenters. The SMILES string of the molecule is COCCOCCOCCOCCOCCOCCOCCOCCOCCOCCOCCOC(CNC(=O)O)[C@@H](C(=O)NCCc1ccccc1)C(OC)C1CCCN1C=O. The number of carboxylic acid groups (broad SMARTS) is 1. The number of rotatable bonds is 45. The molecule has 1 saturated heterocycles. The molecule has 1 fully saturated rings. The highest BCUT2D eigenvalue weighted by atomic mass is 16.6. The molecule has 0 aliphatic carbocycles. The molecule has 0 saturated carbocycles. The van der Waals surface area contributed by atoms with Crippen molar-refractivity contribution in [3.63, 3.8) is 0 Å². The Morgan fingerprint density at radius 1 is 0.651 bits per heavy atom. The Morgan fingerprint density at radius 3 is 1.48 bits per heavy atom. The molecule has 3 amide bonds. The molecule has 1 aliphatic rings. The van der Waals surface area contributed by atoms with E-state index in [1.165, 1.54) is 7.11 Å². The van der Waals surface area contributed by atoms with Crippen LogP contribution in [0.3, 0.4) is 0 Å². The lowest BCUT2D eigenvalue weighted by Crippen LogP contribution is -2.55. The van der Waals surface area contributed by atoms with Gasteiger partial charge in [-0.25, -0.2) is 4.79 Å². The molecule has 0 spiro atoms. The van der Waals surface area contributed by atoms with Gasteiger partial charge in [0.25, 0.3) is 0 Å². The zero-order valence-electron chi connectivity index (χ0n) is 37.5. The van der Waals surface area contributed by atoms with Gasteiger partial charge in [-0.15, -0.1) is 0 Å². The van der Waals surface area contributed by atoms with Crippen LogP contribution in [-0.2, 0) is 77.6 Å². The van der Waals surface area contributed by atoms with Gasteiger partial charge in [0.2, 0.25) is 12.3 Å². The topological polar surface area (TPSA) is 219 Å². The van der Waals surface area contributed by atoms with Gasteiger partial charge in [-0.2, -0.15) is 0 Å². The summed E-state index contributed by atoms with van der Waals surface area (Å²) < 4.78 is 71.9. The molecular weight excluding hydrogens is 830 g/mol. The maximum atomic E-state index is 13.8. The minimum absolute atomic E-state index is 0.0822. The van der Waals surface area contributed by atoms with Crippen LogP contribution in [-0.4, -0.2) is 226 Å². The average Bonchev–Trinajstić information content (AvgIpc) is 3.77. The number of nitrogens with zero attached hydrogens (tertiary/aromatic N) is 1. The van der Waals surface area contributed by atoms with Crippen LogP contribution < -0.4 is 10.6 Å². The first-order chi connectivity index (χ1) is 31.0. The van der Waals surface area contributed by atoms with E-state index >= 15 is 0 Å². The Bertz CT molecular complexity index is 1230. The van der Waals surface area contributed by atoms with E-state index in [2.05, 4.69) is 10.6 Å². The summed E-state index contributed by atoms with van der Waals surface area (Å²) in [5.74, 6) is -1.28. The van der Waals surface area contributed by atoms with E-state index in [1.807, 2.05) is 30.3 Å². The zero-order valence-corrected chi connectivity index (χ0v) is 37.5. The van der Waals surface area contributed by atoms with Gasteiger partial charge in [0.1, 0.15) is 0 Å². The number of methoxy groups -OCH3 is 2. The van der Waals surface area contributed by atoms with E-state index < -0.39 is 24.2 Å². The maximum absolute atomic E-state index is 13.8. The van der Waals surface area contributed by atoms with E-state index in [1.54, 1.807) is 12.0 Å². The third-order valence-corrected chi connectivity index (χ3v) is 9.54. The molecule has 20 heteroatoms. The summed E-state index contributed by atoms with van der Waals surface area (Å²) >= 11 is 0. The standard InChI is InChI=1S/C43H75N3O17/c1-51-13-14-53-15-16-54-17-18-55-19-20-56-21-22-57-23-24-58-25-26-59-27-28-60-29-30-61-31-32-62-33-34-63-39(35-45-43(49)50)40(41(52-2)38-9-6-12-46(38)36-47)42(48)44-11-10-37-7-4-3-5-8-37/h3-5,7-8,36,38-41,45H,6,9-35H2,1-2H3,(H,44,48)(H,49,50)/t38?,39?,40-,41?/m1/s1. The van der Waals surface area contributed by atoms with Crippen molar-refractivity contribution in [2.24, 2.45) is 5.92 Å². The number of likely N-dealkylation sites (tertiary alicyclic amines) is 1. The van der Waals surface area contributed by atoms with Crippen LogP contribution in [0, 0.1) is 5.92 Å². The fourth-order valence-electron chi connectivity index (χ4n) is 6.42. The summed E-state index contributed by atoms with van der Waals surface area (Å²) in [6.07, 6.45) is -0.124. The lowest BCUT2D eigenvalue weighted by molar-refractivity contribution is -0.145. The van der Waals surface area contributed by atoms with Crippen LogP contribution >= 0.6 is 0 Å². The number of amides is 3. The van der Waals surface area contributed by atoms with Crippen molar-refractivity contribution in [1.82, 2.24) is 15.5 Å². The van der Waals surface area contributed by atoms with Gasteiger partial charge >= 0.3 is 6.09 Å². The summed E-state index contributed by atoms with van der Waals surface area (Å²) in [4.78, 5) is 38.8. The summed E-state index contributed by atoms with van der Waals surface area (Å²) in [6.45, 7) is 10.3. The van der Waals surface area contributed by atoms with Crippen molar-refractivity contribution in [3.8, 4) is 0 Å². The Labute approximate surface area is 373 Å². The molecule has 1 aromatic carbocycles. The second kappa shape index (κ2) is 40.4. The highest BCUT2D eigenvalue weighted by Crippen LogP contribution is 2.28. The van der Waals surface area contributed by atoms with Gasteiger partial charge in [-0.1, -0.05) is 30.3 Å². The predicted octanol–water partition coefficient (Wildman–Crippen LogP) is 1.06. The molecule has 1 aliphatic heterocycles. The number of carbonyl (C=O) groups excluding carboxylic acids is 2. The number of hydrogen-bond acceptors (Lipinski definition) is 16. The molecule has 364 valence electrons. The van der Waals surface area contributed by atoms with Crippen molar-refractivity contribution in [2.75, 3.05) is 179 Å². The van der Waals surface area contributed by atoms with Crippen LogP contribution in [0.5, 0.6) is 0 Å². The van der Waals surface area contributed by atoms with Crippen molar-refractivity contribution in [3.05, 3.63) is 35.9 Å². The smallest absolute Gasteiger partial charge is 0.404 e. The Hall–Kier alpha value is -3.09. The van der Waals surface area contributed by atoms with Crippen LogP contribution in [0.2, 0.25) is 0 Å². The molecule has 3 N–H and O–H groups in total. The zero-order chi connectivity index (χ0) is 45.3. The lowest BCUT2D eigenvalue weighted by Gasteiger charge is -2.37. The fraction of sp³-hybridized carbons (Fsp3) is 0.791. The quantitative estimate of drug-likeness (QED) is 0.0616. The molecule has 0 aromatic heterocycles. The monoisotopic (exact) mass is 906 g/mol. The Morgan fingerprint density at radius 2 is 1.08 bits per heavy atom. The number of carbonyl (C=O) groups is 3. The second-order valence-corrected chi connectivity index (χ2v) is 14.0. The van der Waals surface area contributed by atoms with Gasteiger partial charge < -0.3 is 82.2 Å². The van der Waals surface area contributed by atoms with E-state index in [0.717, 1.165) is 18.4 Å². The lowest BCUT2D eigenvalue weighted by atomic mass is 9.88. The largest absolute Gasteiger partial charge is 0.465 e. The van der Waals surface area contributed by atoms with Gasteiger partial charge in [-0.3, -0.25) is 9.59 Å². The fourth-order valence-corrected chi connectivity index (χ4v) is 6.42. The number of hydrogen-bond donors (Lipinski definition) is 3. The first-order valence-corrected chi connectivity index (χ1v) is 21.9. The number of ether oxygens (including phenoxy) is 13. The molecule has 1 aromatic rings. The first kappa shape index (κ1) is 56.0. The minimum Gasteiger partial charge on any atom is -0.465 e. The van der Waals surface area contributed by atoms with Gasteiger partial charge in [0.15, 0.2) is 0 Å². The number of nitrogens with one attached hydrogen (secondary N) is 2. The molecule has 1 heterocycles. The molecule has 20 nitrogen and oxygen atoms in total. The average molecular weight is 906 g/mol. The van der Waals surface area contributed by atoms with Crippen LogP contribution in [0.1, 0.15) is 18.4 Å². The maximum Gasteiger partial charge on any atom is 0.404 e. The molecule has 0 bridgehead atoms. The number of benzene rings is 1. The summed E-state index contributed by atoms with van der Waals surface area (Å²) in [5.41, 5.74) is 1.06. The summed E-state index contributed by atoms with van der Waals surface area (Å²) in [7, 11) is 3.12. The second-order valence-electron chi connectivity index (χ2n) is 14.0. The van der Waals surface area contributed by atoms with Crippen molar-refractivity contribution >= 4 is 18.4 Å². The highest BCUT2D eigenvalue weighted by molar-refractivity contribution is 5.80. The molecule has 3 unspecified atom stereocenters. The first-order valence-electron chi connectivity index (χ1n) is 21.9. The van der Waals surface area contributed by atoms with E-state index in [0.29, 0.717) is 158 Å². The summed E-state index contributed by atoms with van der Waals surface area (Å²) in [6, 6.07) is 9.37. The molecule has 0 radical (unpaired) electrons. The molecular formula is C43H75N3O17. The third kappa shape index (κ3) is 29.1. The van der Waals surface area contributed by atoms with Crippen LogP contribution in [0.25, 0.3) is 0 Å². The van der Waals surface area contributed by atoms with Crippen LogP contribution in [0.15, 0.2) is 30.3 Å². The minimum atomic E-state index is -1.25. The van der Waals surface area contributed by atoms with Gasteiger partial charge in [-0.05, 0) is 24.8 Å². The van der Waals surface area contributed by atoms with Crippen molar-refractivity contribution in [1.29, 1.82) is 0 Å². The van der Waals surface area contributed by atoms with Gasteiger partial charge in [0, 0.05) is 33.9 Å². The van der Waals surface area contributed by atoms with E-state index in [4.69, 9.17) is 61.6 Å². The van der Waals surface area contributed by atoms with Crippen molar-refractivity contribution in [2.45, 2.75) is 37.5 Å². The third-order valence-electron chi connectivity index (χ3n) is 9.54. The van der Waals surface area contributed by atoms with Gasteiger partial charge in [0.05, 0.1) is 170 Å². The Balaban J connectivity index is 1.48. The Kier molecular flexibility index (Phi) is 36.0. The van der Waals surface area contributed by atoms with E-state index in [-0.39, 0.29) is 31.7 Å². The normalized spacial score (nSPS) is 15.3.